The Labute approximate surface area is 196 Å². The number of aromatic amines is 1. The number of aryl methyl sites for hydroxylation is 1. The standard InChI is InChI=1S/C26H23N5O3/c1-3-12-31(16-19-4-9-23-22(13-19)26(34)30-17(2)29-23)21-7-5-20(6-8-21)25(33)28-15-18-10-11-27-24(32)14-18/h1,4-11,13-14H,12,15-16H2,2H3,(H,27,32)(H,28,33)(H,29,30,34). The molecule has 0 unspecified atom stereocenters. The molecule has 170 valence electrons. The number of carbonyl (C=O) groups excluding carboxylic acids is 1. The van der Waals surface area contributed by atoms with Gasteiger partial charge in [0, 0.05) is 36.6 Å². The Hall–Kier alpha value is -4.64. The Balaban J connectivity index is 1.48. The topological polar surface area (TPSA) is 111 Å². The molecular formula is C26H23N5O3. The van der Waals surface area contributed by atoms with Gasteiger partial charge in [0.05, 0.1) is 17.4 Å². The Bertz CT molecular complexity index is 1440. The molecule has 0 spiro atoms. The molecule has 0 bridgehead atoms. The summed E-state index contributed by atoms with van der Waals surface area (Å²) in [6.45, 7) is 2.87. The Morgan fingerprint density at radius 1 is 1.15 bits per heavy atom. The van der Waals surface area contributed by atoms with Gasteiger partial charge >= 0.3 is 0 Å². The fourth-order valence-electron chi connectivity index (χ4n) is 3.65. The summed E-state index contributed by atoms with van der Waals surface area (Å²) in [5.74, 6) is 2.91. The minimum Gasteiger partial charge on any atom is -0.493 e. The highest BCUT2D eigenvalue weighted by Crippen LogP contribution is 2.20. The summed E-state index contributed by atoms with van der Waals surface area (Å²) >= 11 is 0. The minimum atomic E-state index is -0.233. The summed E-state index contributed by atoms with van der Waals surface area (Å²) in [5, 5.41) is 12.8. The van der Waals surface area contributed by atoms with Crippen LogP contribution in [0.2, 0.25) is 0 Å². The molecule has 0 radical (unpaired) electrons. The molecule has 0 saturated carbocycles. The molecule has 0 aliphatic heterocycles. The molecule has 4 aromatic rings. The monoisotopic (exact) mass is 453 g/mol. The number of anilines is 1. The van der Waals surface area contributed by atoms with E-state index in [0.29, 0.717) is 35.4 Å². The van der Waals surface area contributed by atoms with Crippen molar-refractivity contribution in [1.29, 1.82) is 0 Å². The molecule has 34 heavy (non-hydrogen) atoms. The third kappa shape index (κ3) is 5.22. The van der Waals surface area contributed by atoms with Gasteiger partial charge in [0.15, 0.2) is 0 Å². The number of fused-ring (bicyclic) bond motifs is 1. The van der Waals surface area contributed by atoms with Crippen molar-refractivity contribution in [2.45, 2.75) is 20.0 Å². The van der Waals surface area contributed by atoms with Crippen LogP contribution in [0.5, 0.6) is 5.88 Å². The van der Waals surface area contributed by atoms with Crippen molar-refractivity contribution in [1.82, 2.24) is 20.3 Å². The SMILES string of the molecule is C#CCN(Cc1ccc2nc(C)[nH]c(=O)c2c1)c1ccc(C(=O)NCc2ccnc(O)c2)cc1. The van der Waals surface area contributed by atoms with Gasteiger partial charge in [-0.1, -0.05) is 12.0 Å². The number of terminal acetylenes is 1. The van der Waals surface area contributed by atoms with E-state index in [1.807, 2.05) is 35.2 Å². The maximum atomic E-state index is 12.5. The lowest BCUT2D eigenvalue weighted by molar-refractivity contribution is 0.0951. The first-order chi connectivity index (χ1) is 16.4. The summed E-state index contributed by atoms with van der Waals surface area (Å²) in [5.41, 5.74) is 3.49. The average Bonchev–Trinajstić information content (AvgIpc) is 2.83. The number of nitrogens with zero attached hydrogens (tertiary/aromatic N) is 3. The number of pyridine rings is 1. The van der Waals surface area contributed by atoms with E-state index in [9.17, 15) is 14.7 Å². The molecule has 0 fully saturated rings. The molecule has 4 rings (SSSR count). The molecule has 0 saturated heterocycles. The molecule has 0 atom stereocenters. The van der Waals surface area contributed by atoms with Crippen LogP contribution in [-0.4, -0.2) is 32.5 Å². The number of carbonyl (C=O) groups is 1. The van der Waals surface area contributed by atoms with Crippen molar-refractivity contribution in [2.24, 2.45) is 0 Å². The zero-order valence-electron chi connectivity index (χ0n) is 18.6. The van der Waals surface area contributed by atoms with Crippen molar-refractivity contribution in [3.05, 3.63) is 93.7 Å². The van der Waals surface area contributed by atoms with E-state index < -0.39 is 0 Å². The van der Waals surface area contributed by atoms with Crippen molar-refractivity contribution in [2.75, 3.05) is 11.4 Å². The first-order valence-corrected chi connectivity index (χ1v) is 10.6. The highest BCUT2D eigenvalue weighted by atomic mass is 16.3. The smallest absolute Gasteiger partial charge is 0.258 e. The maximum Gasteiger partial charge on any atom is 0.258 e. The van der Waals surface area contributed by atoms with E-state index in [1.54, 1.807) is 25.1 Å². The number of hydrogen-bond donors (Lipinski definition) is 3. The van der Waals surface area contributed by atoms with Gasteiger partial charge in [-0.15, -0.1) is 6.42 Å². The molecule has 0 aliphatic carbocycles. The number of rotatable bonds is 7. The van der Waals surface area contributed by atoms with Crippen molar-refractivity contribution < 1.29 is 9.90 Å². The summed E-state index contributed by atoms with van der Waals surface area (Å²) in [4.78, 5) is 37.6. The molecule has 2 heterocycles. The number of hydrogen-bond acceptors (Lipinski definition) is 6. The second-order valence-corrected chi connectivity index (χ2v) is 7.81. The van der Waals surface area contributed by atoms with Crippen LogP contribution in [0, 0.1) is 19.3 Å². The fraction of sp³-hybridized carbons (Fsp3) is 0.154. The van der Waals surface area contributed by atoms with Gasteiger partial charge in [-0.2, -0.15) is 0 Å². The Morgan fingerprint density at radius 3 is 2.68 bits per heavy atom. The van der Waals surface area contributed by atoms with Crippen LogP contribution in [0.15, 0.2) is 65.6 Å². The quantitative estimate of drug-likeness (QED) is 0.371. The highest BCUT2D eigenvalue weighted by Gasteiger charge is 2.11. The summed E-state index contributed by atoms with van der Waals surface area (Å²) in [6.07, 6.45) is 7.07. The Kier molecular flexibility index (Phi) is 6.55. The number of benzene rings is 2. The van der Waals surface area contributed by atoms with Gasteiger partial charge in [-0.3, -0.25) is 9.59 Å². The van der Waals surface area contributed by atoms with Gasteiger partial charge in [0.2, 0.25) is 5.88 Å². The second-order valence-electron chi connectivity index (χ2n) is 7.81. The zero-order valence-corrected chi connectivity index (χ0v) is 18.6. The molecule has 8 heteroatoms. The maximum absolute atomic E-state index is 12.5. The summed E-state index contributed by atoms with van der Waals surface area (Å²) < 4.78 is 0. The lowest BCUT2D eigenvalue weighted by atomic mass is 10.1. The van der Waals surface area contributed by atoms with E-state index in [2.05, 4.69) is 26.2 Å². The first-order valence-electron chi connectivity index (χ1n) is 10.6. The minimum absolute atomic E-state index is 0.0906. The molecular weight excluding hydrogens is 430 g/mol. The molecule has 0 aliphatic rings. The predicted molar refractivity (Wildman–Crippen MR) is 130 cm³/mol. The van der Waals surface area contributed by atoms with Crippen LogP contribution >= 0.6 is 0 Å². The first kappa shape index (κ1) is 22.6. The second kappa shape index (κ2) is 9.88. The van der Waals surface area contributed by atoms with E-state index in [4.69, 9.17) is 6.42 Å². The number of amides is 1. The number of nitrogens with one attached hydrogen (secondary N) is 2. The zero-order chi connectivity index (χ0) is 24.1. The van der Waals surface area contributed by atoms with Crippen LogP contribution in [0.1, 0.15) is 27.3 Å². The lowest BCUT2D eigenvalue weighted by Crippen LogP contribution is -2.24. The van der Waals surface area contributed by atoms with Gasteiger partial charge in [-0.05, 0) is 60.5 Å². The van der Waals surface area contributed by atoms with Crippen molar-refractivity contribution >= 4 is 22.5 Å². The van der Waals surface area contributed by atoms with E-state index >= 15 is 0 Å². The van der Waals surface area contributed by atoms with Crippen LogP contribution in [0.25, 0.3) is 10.9 Å². The van der Waals surface area contributed by atoms with Gasteiger partial charge in [-0.25, -0.2) is 9.97 Å². The average molecular weight is 454 g/mol. The lowest BCUT2D eigenvalue weighted by Gasteiger charge is -2.23. The predicted octanol–water partition coefficient (Wildman–Crippen LogP) is 2.90. The summed E-state index contributed by atoms with van der Waals surface area (Å²) in [7, 11) is 0. The number of aromatic hydroxyl groups is 1. The van der Waals surface area contributed by atoms with Gasteiger partial charge in [0.25, 0.3) is 11.5 Å². The number of aromatic nitrogens is 3. The molecule has 2 aromatic carbocycles. The fourth-order valence-corrected chi connectivity index (χ4v) is 3.65. The molecule has 3 N–H and O–H groups in total. The largest absolute Gasteiger partial charge is 0.493 e. The molecule has 8 nitrogen and oxygen atoms in total. The van der Waals surface area contributed by atoms with Crippen LogP contribution in [0.3, 0.4) is 0 Å². The van der Waals surface area contributed by atoms with Crippen LogP contribution in [0.4, 0.5) is 5.69 Å². The normalized spacial score (nSPS) is 10.6. The van der Waals surface area contributed by atoms with Crippen molar-refractivity contribution in [3.63, 3.8) is 0 Å². The summed E-state index contributed by atoms with van der Waals surface area (Å²) in [6, 6.07) is 15.9. The third-order valence-corrected chi connectivity index (χ3v) is 5.30. The Morgan fingerprint density at radius 2 is 1.94 bits per heavy atom. The van der Waals surface area contributed by atoms with Gasteiger partial charge < -0.3 is 20.3 Å². The van der Waals surface area contributed by atoms with Crippen LogP contribution < -0.4 is 15.8 Å². The van der Waals surface area contributed by atoms with Crippen LogP contribution in [-0.2, 0) is 13.1 Å². The highest BCUT2D eigenvalue weighted by molar-refractivity contribution is 5.94. The number of H-pyrrole nitrogens is 1. The van der Waals surface area contributed by atoms with E-state index in [1.165, 1.54) is 12.3 Å². The molecule has 2 aromatic heterocycles. The van der Waals surface area contributed by atoms with E-state index in [0.717, 1.165) is 16.8 Å². The molecule has 1 amide bonds. The van der Waals surface area contributed by atoms with Gasteiger partial charge in [0.1, 0.15) is 5.82 Å². The van der Waals surface area contributed by atoms with E-state index in [-0.39, 0.29) is 23.9 Å². The van der Waals surface area contributed by atoms with Crippen molar-refractivity contribution in [3.8, 4) is 18.2 Å². The third-order valence-electron chi connectivity index (χ3n) is 5.30.